The van der Waals surface area contributed by atoms with Gasteiger partial charge in [0.05, 0.1) is 11.1 Å². The molecule has 140 valence electrons. The van der Waals surface area contributed by atoms with Gasteiger partial charge in [-0.25, -0.2) is 4.39 Å². The number of nitrogens with two attached hydrogens (primary N) is 1. The molecule has 1 aliphatic carbocycles. The lowest BCUT2D eigenvalue weighted by Gasteiger charge is -2.37. The van der Waals surface area contributed by atoms with Crippen molar-refractivity contribution in [2.45, 2.75) is 37.3 Å². The van der Waals surface area contributed by atoms with Crippen LogP contribution in [0.3, 0.4) is 0 Å². The van der Waals surface area contributed by atoms with Crippen LogP contribution in [0.1, 0.15) is 31.2 Å². The minimum Gasteiger partial charge on any atom is -0.489 e. The first-order valence-electron chi connectivity index (χ1n) is 8.97. The number of aromatic nitrogens is 1. The quantitative estimate of drug-likeness (QED) is 0.696. The van der Waals surface area contributed by atoms with Crippen LogP contribution in [0.5, 0.6) is 5.75 Å². The molecule has 0 atom stereocenters. The topological polar surface area (TPSA) is 68.1 Å². The van der Waals surface area contributed by atoms with Crippen LogP contribution in [0.25, 0.3) is 10.8 Å². The molecule has 4 rings (SSSR count). The highest BCUT2D eigenvalue weighted by molar-refractivity contribution is 6.32. The fraction of sp³-hybridized carbons (Fsp3) is 0.286. The molecule has 4 nitrogen and oxygen atoms in total. The molecule has 1 fully saturated rings. The predicted molar refractivity (Wildman–Crippen MR) is 105 cm³/mol. The van der Waals surface area contributed by atoms with Gasteiger partial charge in [0.1, 0.15) is 11.6 Å². The molecular weight excluding hydrogens is 367 g/mol. The van der Waals surface area contributed by atoms with E-state index in [2.05, 4.69) is 4.98 Å². The summed E-state index contributed by atoms with van der Waals surface area (Å²) >= 11 is 6.32. The van der Waals surface area contributed by atoms with Crippen LogP contribution in [0.15, 0.2) is 53.5 Å². The van der Waals surface area contributed by atoms with E-state index in [9.17, 15) is 9.18 Å². The molecule has 0 saturated heterocycles. The third-order valence-corrected chi connectivity index (χ3v) is 5.66. The molecule has 2 aromatic carbocycles. The maximum Gasteiger partial charge on any atom is 0.255 e. The molecule has 6 heteroatoms. The van der Waals surface area contributed by atoms with E-state index in [1.165, 1.54) is 12.1 Å². The Morgan fingerprint density at radius 3 is 2.56 bits per heavy atom. The third kappa shape index (κ3) is 3.57. The van der Waals surface area contributed by atoms with Crippen molar-refractivity contribution >= 4 is 22.4 Å². The van der Waals surface area contributed by atoms with Crippen molar-refractivity contribution in [3.8, 4) is 5.75 Å². The van der Waals surface area contributed by atoms with Crippen LogP contribution in [-0.2, 0) is 5.54 Å². The zero-order valence-corrected chi connectivity index (χ0v) is 15.4. The Balaban J connectivity index is 1.49. The van der Waals surface area contributed by atoms with E-state index in [4.69, 9.17) is 22.1 Å². The number of H-pyrrole nitrogens is 1. The summed E-state index contributed by atoms with van der Waals surface area (Å²) in [4.78, 5) is 14.5. The molecule has 0 unspecified atom stereocenters. The number of aromatic amines is 1. The van der Waals surface area contributed by atoms with E-state index < -0.39 is 5.54 Å². The van der Waals surface area contributed by atoms with Crippen LogP contribution in [0.2, 0.25) is 5.02 Å². The fourth-order valence-corrected chi connectivity index (χ4v) is 3.96. The van der Waals surface area contributed by atoms with Gasteiger partial charge in [-0.15, -0.1) is 0 Å². The Bertz CT molecular complexity index is 1020. The number of hydrogen-bond acceptors (Lipinski definition) is 3. The lowest BCUT2D eigenvalue weighted by Crippen LogP contribution is -2.42. The van der Waals surface area contributed by atoms with Crippen molar-refractivity contribution in [3.05, 3.63) is 75.4 Å². The minimum absolute atomic E-state index is 0.000861. The number of halogens is 2. The van der Waals surface area contributed by atoms with Crippen molar-refractivity contribution in [2.75, 3.05) is 0 Å². The number of pyridine rings is 1. The molecule has 0 bridgehead atoms. The molecule has 27 heavy (non-hydrogen) atoms. The standard InChI is InChI=1S/C21H20ClFN2O2/c22-18-12-17-13(7-10-25-20(17)26)11-19(18)27-16-5-8-21(24,9-6-16)14-1-3-15(23)4-2-14/h1-4,7,10-12,16H,5-6,8-9,24H2,(H,25,26)/t16-,21+. The van der Waals surface area contributed by atoms with E-state index in [1.807, 2.05) is 6.07 Å². The highest BCUT2D eigenvalue weighted by Crippen LogP contribution is 2.38. The average molecular weight is 387 g/mol. The van der Waals surface area contributed by atoms with Gasteiger partial charge < -0.3 is 15.5 Å². The van der Waals surface area contributed by atoms with Gasteiger partial charge in [0.25, 0.3) is 5.56 Å². The molecule has 1 saturated carbocycles. The van der Waals surface area contributed by atoms with Crippen molar-refractivity contribution < 1.29 is 9.13 Å². The normalized spacial score (nSPS) is 22.7. The van der Waals surface area contributed by atoms with Crippen LogP contribution >= 0.6 is 11.6 Å². The number of rotatable bonds is 3. The maximum atomic E-state index is 13.2. The second-order valence-corrected chi connectivity index (χ2v) is 7.56. The van der Waals surface area contributed by atoms with E-state index in [1.54, 1.807) is 30.5 Å². The van der Waals surface area contributed by atoms with Crippen molar-refractivity contribution in [1.82, 2.24) is 4.98 Å². The smallest absolute Gasteiger partial charge is 0.255 e. The largest absolute Gasteiger partial charge is 0.489 e. The fourth-order valence-electron chi connectivity index (χ4n) is 3.75. The number of nitrogens with one attached hydrogen (secondary N) is 1. The molecular formula is C21H20ClFN2O2. The van der Waals surface area contributed by atoms with Crippen molar-refractivity contribution in [1.29, 1.82) is 0 Å². The summed E-state index contributed by atoms with van der Waals surface area (Å²) in [6.07, 6.45) is 4.64. The third-order valence-electron chi connectivity index (χ3n) is 5.36. The minimum atomic E-state index is -0.464. The first-order valence-corrected chi connectivity index (χ1v) is 9.35. The van der Waals surface area contributed by atoms with Crippen LogP contribution < -0.4 is 16.0 Å². The Labute approximate surface area is 161 Å². The van der Waals surface area contributed by atoms with E-state index >= 15 is 0 Å². The monoisotopic (exact) mass is 386 g/mol. The van der Waals surface area contributed by atoms with Gasteiger partial charge >= 0.3 is 0 Å². The molecule has 0 amide bonds. The molecule has 3 N–H and O–H groups in total. The molecule has 0 radical (unpaired) electrons. The summed E-state index contributed by atoms with van der Waals surface area (Å²) in [6, 6.07) is 11.7. The summed E-state index contributed by atoms with van der Waals surface area (Å²) in [5.74, 6) is 0.315. The Morgan fingerprint density at radius 2 is 1.85 bits per heavy atom. The number of benzene rings is 2. The number of ether oxygens (including phenoxy) is 1. The van der Waals surface area contributed by atoms with Gasteiger partial charge in [0.2, 0.25) is 0 Å². The van der Waals surface area contributed by atoms with Gasteiger partial charge in [-0.1, -0.05) is 23.7 Å². The second kappa shape index (κ2) is 6.98. The van der Waals surface area contributed by atoms with E-state index in [-0.39, 0.29) is 17.5 Å². The summed E-state index contributed by atoms with van der Waals surface area (Å²) in [5, 5.41) is 1.74. The summed E-state index contributed by atoms with van der Waals surface area (Å²) < 4.78 is 19.3. The maximum absolute atomic E-state index is 13.2. The van der Waals surface area contributed by atoms with Crippen LogP contribution in [0.4, 0.5) is 4.39 Å². The predicted octanol–water partition coefficient (Wildman–Crippen LogP) is 4.50. The summed E-state index contributed by atoms with van der Waals surface area (Å²) in [5.41, 5.74) is 6.87. The molecule has 0 aliphatic heterocycles. The number of fused-ring (bicyclic) bond motifs is 1. The van der Waals surface area contributed by atoms with Gasteiger partial charge in [-0.3, -0.25) is 4.79 Å². The number of hydrogen-bond donors (Lipinski definition) is 2. The van der Waals surface area contributed by atoms with Gasteiger partial charge in [-0.05, 0) is 67.0 Å². The lowest BCUT2D eigenvalue weighted by molar-refractivity contribution is 0.118. The first kappa shape index (κ1) is 18.0. The Morgan fingerprint density at radius 1 is 1.15 bits per heavy atom. The van der Waals surface area contributed by atoms with Crippen LogP contribution in [-0.4, -0.2) is 11.1 Å². The summed E-state index contributed by atoms with van der Waals surface area (Å²) in [6.45, 7) is 0. The Kier molecular flexibility index (Phi) is 4.66. The zero-order valence-electron chi connectivity index (χ0n) is 14.7. The SMILES string of the molecule is N[C@]1(c2ccc(F)cc2)CC[C@H](Oc2cc3cc[nH]c(=O)c3cc2Cl)CC1. The average Bonchev–Trinajstić information content (AvgIpc) is 2.66. The highest BCUT2D eigenvalue weighted by atomic mass is 35.5. The van der Waals surface area contributed by atoms with E-state index in [0.717, 1.165) is 36.6 Å². The molecule has 1 aliphatic rings. The zero-order chi connectivity index (χ0) is 19.0. The molecule has 1 aromatic heterocycles. The van der Waals surface area contributed by atoms with Gasteiger partial charge in [0, 0.05) is 17.1 Å². The van der Waals surface area contributed by atoms with Gasteiger partial charge in [-0.2, -0.15) is 0 Å². The second-order valence-electron chi connectivity index (χ2n) is 7.16. The molecule has 0 spiro atoms. The van der Waals surface area contributed by atoms with Crippen molar-refractivity contribution in [3.63, 3.8) is 0 Å². The Hall–Kier alpha value is -2.37. The summed E-state index contributed by atoms with van der Waals surface area (Å²) in [7, 11) is 0. The van der Waals surface area contributed by atoms with Crippen molar-refractivity contribution in [2.24, 2.45) is 5.73 Å². The van der Waals surface area contributed by atoms with Gasteiger partial charge in [0.15, 0.2) is 0 Å². The van der Waals surface area contributed by atoms with E-state index in [0.29, 0.717) is 16.2 Å². The van der Waals surface area contributed by atoms with Crippen LogP contribution in [0, 0.1) is 5.82 Å². The molecule has 1 heterocycles. The molecule has 3 aromatic rings. The lowest BCUT2D eigenvalue weighted by atomic mass is 9.76. The highest BCUT2D eigenvalue weighted by Gasteiger charge is 2.34. The first-order chi connectivity index (χ1) is 12.9.